The van der Waals surface area contributed by atoms with Crippen LogP contribution in [0.5, 0.6) is 0 Å². The van der Waals surface area contributed by atoms with Crippen LogP contribution < -0.4 is 5.32 Å². The van der Waals surface area contributed by atoms with Gasteiger partial charge in [0, 0.05) is 44.2 Å². The average molecular weight is 362 g/mol. The van der Waals surface area contributed by atoms with Crippen LogP contribution in [-0.2, 0) is 13.5 Å². The molecular formula is C18H18N8O. The van der Waals surface area contributed by atoms with Crippen LogP contribution in [-0.4, -0.2) is 47.4 Å². The van der Waals surface area contributed by atoms with E-state index in [2.05, 4.69) is 35.7 Å². The van der Waals surface area contributed by atoms with E-state index in [4.69, 9.17) is 0 Å². The maximum Gasteiger partial charge on any atom is 0.269 e. The van der Waals surface area contributed by atoms with Crippen LogP contribution in [0.4, 0.5) is 0 Å². The lowest BCUT2D eigenvalue weighted by Gasteiger charge is -2.01. The molecule has 3 N–H and O–H groups in total. The van der Waals surface area contributed by atoms with Crippen molar-refractivity contribution in [3.8, 4) is 22.8 Å². The van der Waals surface area contributed by atoms with E-state index in [-0.39, 0.29) is 5.91 Å². The van der Waals surface area contributed by atoms with E-state index in [0.717, 1.165) is 17.0 Å². The highest BCUT2D eigenvalue weighted by Gasteiger charge is 2.12. The van der Waals surface area contributed by atoms with E-state index >= 15 is 0 Å². The van der Waals surface area contributed by atoms with Crippen molar-refractivity contribution < 1.29 is 4.79 Å². The first kappa shape index (κ1) is 16.7. The zero-order valence-corrected chi connectivity index (χ0v) is 14.7. The van der Waals surface area contributed by atoms with Crippen LogP contribution in [0, 0.1) is 0 Å². The number of aryl methyl sites for hydroxylation is 1. The van der Waals surface area contributed by atoms with Crippen LogP contribution in [0.25, 0.3) is 22.8 Å². The highest BCUT2D eigenvalue weighted by atomic mass is 16.1. The van der Waals surface area contributed by atoms with E-state index < -0.39 is 0 Å². The Labute approximate surface area is 154 Å². The third-order valence-corrected chi connectivity index (χ3v) is 4.13. The number of hydrogen-bond acceptors (Lipinski definition) is 5. The maximum absolute atomic E-state index is 12.3. The predicted molar refractivity (Wildman–Crippen MR) is 98.6 cm³/mol. The Morgan fingerprint density at radius 1 is 1.22 bits per heavy atom. The molecule has 0 radical (unpaired) electrons. The summed E-state index contributed by atoms with van der Waals surface area (Å²) in [6.07, 6.45) is 5.88. The van der Waals surface area contributed by atoms with Gasteiger partial charge in [-0.15, -0.1) is 0 Å². The fourth-order valence-electron chi connectivity index (χ4n) is 2.72. The number of H-pyrrole nitrogens is 2. The van der Waals surface area contributed by atoms with Gasteiger partial charge in [0.2, 0.25) is 0 Å². The van der Waals surface area contributed by atoms with Gasteiger partial charge in [0.05, 0.1) is 5.69 Å². The lowest BCUT2D eigenvalue weighted by atomic mass is 10.2. The predicted octanol–water partition coefficient (Wildman–Crippen LogP) is 1.57. The number of rotatable bonds is 6. The lowest BCUT2D eigenvalue weighted by molar-refractivity contribution is 0.0949. The number of carbonyl (C=O) groups excluding carboxylic acids is 1. The minimum Gasteiger partial charge on any atom is -0.350 e. The molecule has 9 nitrogen and oxygen atoms in total. The summed E-state index contributed by atoms with van der Waals surface area (Å²) in [6.45, 7) is 0.430. The normalized spacial score (nSPS) is 10.9. The molecule has 0 atom stereocenters. The highest BCUT2D eigenvalue weighted by Crippen LogP contribution is 2.17. The number of nitrogens with one attached hydrogen (secondary N) is 3. The third kappa shape index (κ3) is 3.61. The minimum absolute atomic E-state index is 0.213. The van der Waals surface area contributed by atoms with Crippen molar-refractivity contribution in [3.63, 3.8) is 0 Å². The standard InChI is InChI=1S/C18H18N8O/c1-26-9-3-5-15(26)13-10-14(23-22-13)18(27)20-8-6-16-21-17(25-24-16)12-4-2-7-19-11-12/h2-5,7,9-11H,6,8H2,1H3,(H,20,27)(H,22,23)(H,21,24,25). The van der Waals surface area contributed by atoms with Gasteiger partial charge in [-0.3, -0.25) is 20.0 Å². The minimum atomic E-state index is -0.213. The molecule has 0 saturated heterocycles. The molecule has 4 rings (SSSR count). The van der Waals surface area contributed by atoms with E-state index in [1.165, 1.54) is 0 Å². The molecule has 4 heterocycles. The van der Waals surface area contributed by atoms with Crippen LogP contribution >= 0.6 is 0 Å². The maximum atomic E-state index is 12.3. The Morgan fingerprint density at radius 2 is 2.15 bits per heavy atom. The molecular weight excluding hydrogens is 344 g/mol. The number of aromatic amines is 2. The summed E-state index contributed by atoms with van der Waals surface area (Å²) in [5.74, 6) is 1.07. The number of amides is 1. The van der Waals surface area contributed by atoms with Gasteiger partial charge in [-0.1, -0.05) is 0 Å². The van der Waals surface area contributed by atoms with Crippen molar-refractivity contribution in [1.29, 1.82) is 0 Å². The van der Waals surface area contributed by atoms with Crippen molar-refractivity contribution in [3.05, 3.63) is 60.4 Å². The zero-order valence-electron chi connectivity index (χ0n) is 14.7. The molecule has 9 heteroatoms. The van der Waals surface area contributed by atoms with Gasteiger partial charge >= 0.3 is 0 Å². The van der Waals surface area contributed by atoms with E-state index in [1.807, 2.05) is 42.1 Å². The lowest BCUT2D eigenvalue weighted by Crippen LogP contribution is -2.26. The first-order valence-electron chi connectivity index (χ1n) is 8.47. The Kier molecular flexibility index (Phi) is 4.48. The topological polar surface area (TPSA) is 117 Å². The quantitative estimate of drug-likeness (QED) is 0.481. The molecule has 1 amide bonds. The first-order valence-corrected chi connectivity index (χ1v) is 8.47. The largest absolute Gasteiger partial charge is 0.350 e. The van der Waals surface area contributed by atoms with E-state index in [0.29, 0.717) is 30.3 Å². The van der Waals surface area contributed by atoms with Gasteiger partial charge in [-0.05, 0) is 30.3 Å². The highest BCUT2D eigenvalue weighted by molar-refractivity contribution is 5.93. The number of hydrogen-bond donors (Lipinski definition) is 3. The Morgan fingerprint density at radius 3 is 2.93 bits per heavy atom. The van der Waals surface area contributed by atoms with Crippen molar-refractivity contribution in [2.75, 3.05) is 6.54 Å². The zero-order chi connectivity index (χ0) is 18.6. The molecule has 27 heavy (non-hydrogen) atoms. The van der Waals surface area contributed by atoms with Gasteiger partial charge in [0.15, 0.2) is 5.82 Å². The number of pyridine rings is 1. The van der Waals surface area contributed by atoms with Crippen LogP contribution in [0.15, 0.2) is 48.9 Å². The van der Waals surface area contributed by atoms with Gasteiger partial charge in [0.25, 0.3) is 5.91 Å². The summed E-state index contributed by atoms with van der Waals surface area (Å²) < 4.78 is 1.95. The Hall–Kier alpha value is -3.75. The monoisotopic (exact) mass is 362 g/mol. The molecule has 0 aliphatic rings. The molecule has 0 spiro atoms. The number of carbonyl (C=O) groups is 1. The van der Waals surface area contributed by atoms with Crippen molar-refractivity contribution in [2.24, 2.45) is 7.05 Å². The second-order valence-electron chi connectivity index (χ2n) is 6.02. The molecule has 136 valence electrons. The first-order chi connectivity index (χ1) is 13.2. The molecule has 0 aliphatic heterocycles. The van der Waals surface area contributed by atoms with Gasteiger partial charge in [0.1, 0.15) is 17.2 Å². The van der Waals surface area contributed by atoms with Gasteiger partial charge < -0.3 is 9.88 Å². The van der Waals surface area contributed by atoms with Gasteiger partial charge in [-0.25, -0.2) is 4.98 Å². The Balaban J connectivity index is 1.33. The molecule has 0 aliphatic carbocycles. The van der Waals surface area contributed by atoms with Gasteiger partial charge in [-0.2, -0.15) is 10.2 Å². The smallest absolute Gasteiger partial charge is 0.269 e. The van der Waals surface area contributed by atoms with Crippen LogP contribution in [0.1, 0.15) is 16.3 Å². The fourth-order valence-corrected chi connectivity index (χ4v) is 2.72. The number of nitrogens with zero attached hydrogens (tertiary/aromatic N) is 5. The summed E-state index contributed by atoms with van der Waals surface area (Å²) in [6, 6.07) is 9.34. The molecule has 0 saturated carbocycles. The molecule has 0 fully saturated rings. The SMILES string of the molecule is Cn1cccc1-c1cc(C(=O)NCCc2nc(-c3cccnc3)n[nH]2)[nH]n1. The second-order valence-corrected chi connectivity index (χ2v) is 6.02. The van der Waals surface area contributed by atoms with Crippen LogP contribution in [0.3, 0.4) is 0 Å². The summed E-state index contributed by atoms with van der Waals surface area (Å²) in [7, 11) is 1.93. The third-order valence-electron chi connectivity index (χ3n) is 4.13. The number of aromatic nitrogens is 7. The molecule has 0 bridgehead atoms. The molecule has 4 aromatic heterocycles. The fraction of sp³-hybridized carbons (Fsp3) is 0.167. The summed E-state index contributed by atoms with van der Waals surface area (Å²) >= 11 is 0. The molecule has 0 aromatic carbocycles. The Bertz CT molecular complexity index is 1050. The summed E-state index contributed by atoms with van der Waals surface area (Å²) in [5.41, 5.74) is 2.92. The van der Waals surface area contributed by atoms with E-state index in [9.17, 15) is 4.79 Å². The van der Waals surface area contributed by atoms with Crippen LogP contribution in [0.2, 0.25) is 0 Å². The molecule has 0 unspecified atom stereocenters. The van der Waals surface area contributed by atoms with E-state index in [1.54, 1.807) is 18.5 Å². The summed E-state index contributed by atoms with van der Waals surface area (Å²) in [5, 5.41) is 16.9. The van der Waals surface area contributed by atoms with Crippen molar-refractivity contribution in [1.82, 2.24) is 40.2 Å². The second kappa shape index (κ2) is 7.24. The van der Waals surface area contributed by atoms with Crippen molar-refractivity contribution in [2.45, 2.75) is 6.42 Å². The van der Waals surface area contributed by atoms with Crippen molar-refractivity contribution >= 4 is 5.91 Å². The molecule has 4 aromatic rings. The summed E-state index contributed by atoms with van der Waals surface area (Å²) in [4.78, 5) is 20.8. The average Bonchev–Trinajstić information content (AvgIpc) is 3.42.